The number of halogens is 1. The molecule has 12 heavy (non-hydrogen) atoms. The van der Waals surface area contributed by atoms with Crippen LogP contribution in [-0.4, -0.2) is 25.8 Å². The van der Waals surface area contributed by atoms with Crippen molar-refractivity contribution in [3.63, 3.8) is 0 Å². The molecule has 0 amide bonds. The Morgan fingerprint density at radius 2 is 1.92 bits per heavy atom. The Balaban J connectivity index is 2.01. The summed E-state index contributed by atoms with van der Waals surface area (Å²) in [7, 11) is -2.69. The number of hydrogen-bond donors (Lipinski definition) is 0. The molecule has 0 aromatic heterocycles. The Kier molecular flexibility index (Phi) is 1.92. The molecule has 1 spiro atoms. The fraction of sp³-hybridized carbons (Fsp3) is 1.00. The van der Waals surface area contributed by atoms with Crippen LogP contribution < -0.4 is 0 Å². The van der Waals surface area contributed by atoms with Crippen LogP contribution in [0.25, 0.3) is 0 Å². The van der Waals surface area contributed by atoms with Crippen molar-refractivity contribution in [2.24, 2.45) is 11.3 Å². The smallest absolute Gasteiger partial charge is 0.150 e. The maximum atomic E-state index is 11.1. The van der Waals surface area contributed by atoms with Crippen molar-refractivity contribution in [1.82, 2.24) is 0 Å². The molecule has 0 radical (unpaired) electrons. The lowest BCUT2D eigenvalue weighted by molar-refractivity contribution is 0.415. The van der Waals surface area contributed by atoms with Gasteiger partial charge >= 0.3 is 0 Å². The van der Waals surface area contributed by atoms with Gasteiger partial charge in [0.15, 0.2) is 0 Å². The zero-order valence-electron chi connectivity index (χ0n) is 6.92. The predicted molar refractivity (Wildman–Crippen MR) is 49.1 cm³/mol. The normalized spacial score (nSPS) is 36.6. The molecular weight excluding hydrogens is 196 g/mol. The minimum Gasteiger partial charge on any atom is -0.229 e. The molecule has 1 heterocycles. The van der Waals surface area contributed by atoms with E-state index in [1.165, 1.54) is 0 Å². The standard InChI is InChI=1S/C8H13ClO2S/c9-6-7-5-8(7)1-3-12(10,11)4-2-8/h7H,1-6H2. The molecule has 1 saturated carbocycles. The molecule has 0 aromatic carbocycles. The topological polar surface area (TPSA) is 34.1 Å². The summed E-state index contributed by atoms with van der Waals surface area (Å²) in [5, 5.41) is 0. The second kappa shape index (κ2) is 2.61. The molecule has 2 aliphatic rings. The summed E-state index contributed by atoms with van der Waals surface area (Å²) in [5.41, 5.74) is 0.340. The van der Waals surface area contributed by atoms with E-state index in [0.717, 1.165) is 19.3 Å². The quantitative estimate of drug-likeness (QED) is 0.612. The largest absolute Gasteiger partial charge is 0.229 e. The zero-order valence-corrected chi connectivity index (χ0v) is 8.50. The van der Waals surface area contributed by atoms with E-state index in [1.807, 2.05) is 0 Å². The van der Waals surface area contributed by atoms with Gasteiger partial charge in [-0.3, -0.25) is 0 Å². The number of hydrogen-bond acceptors (Lipinski definition) is 2. The summed E-state index contributed by atoms with van der Waals surface area (Å²) >= 11 is 5.74. The van der Waals surface area contributed by atoms with Crippen molar-refractivity contribution in [3.8, 4) is 0 Å². The molecule has 2 rings (SSSR count). The molecule has 1 atom stereocenters. The van der Waals surface area contributed by atoms with Crippen LogP contribution in [-0.2, 0) is 9.84 Å². The van der Waals surface area contributed by atoms with E-state index in [4.69, 9.17) is 11.6 Å². The van der Waals surface area contributed by atoms with Gasteiger partial charge < -0.3 is 0 Å². The van der Waals surface area contributed by atoms with E-state index < -0.39 is 9.84 Å². The van der Waals surface area contributed by atoms with Crippen LogP contribution in [0.3, 0.4) is 0 Å². The van der Waals surface area contributed by atoms with E-state index >= 15 is 0 Å². The molecule has 0 aromatic rings. The Morgan fingerprint density at radius 3 is 2.33 bits per heavy atom. The van der Waals surface area contributed by atoms with Gasteiger partial charge in [-0.25, -0.2) is 8.42 Å². The van der Waals surface area contributed by atoms with Gasteiger partial charge in [-0.05, 0) is 30.6 Å². The average Bonchev–Trinajstić information content (AvgIpc) is 2.72. The van der Waals surface area contributed by atoms with Crippen molar-refractivity contribution in [1.29, 1.82) is 0 Å². The Morgan fingerprint density at radius 1 is 1.33 bits per heavy atom. The first kappa shape index (κ1) is 8.82. The SMILES string of the molecule is O=S1(=O)CCC2(CC1)CC2CCl. The van der Waals surface area contributed by atoms with Crippen molar-refractivity contribution < 1.29 is 8.42 Å². The summed E-state index contributed by atoms with van der Waals surface area (Å²) in [4.78, 5) is 0. The molecule has 4 heteroatoms. The van der Waals surface area contributed by atoms with E-state index in [-0.39, 0.29) is 0 Å². The van der Waals surface area contributed by atoms with Gasteiger partial charge in [-0.1, -0.05) is 0 Å². The van der Waals surface area contributed by atoms with Crippen LogP contribution in [0.15, 0.2) is 0 Å². The van der Waals surface area contributed by atoms with Gasteiger partial charge in [0.1, 0.15) is 9.84 Å². The number of alkyl halides is 1. The molecule has 0 bridgehead atoms. The van der Waals surface area contributed by atoms with E-state index in [0.29, 0.717) is 28.7 Å². The van der Waals surface area contributed by atoms with Crippen molar-refractivity contribution >= 4 is 21.4 Å². The van der Waals surface area contributed by atoms with Gasteiger partial charge in [-0.15, -0.1) is 11.6 Å². The first-order chi connectivity index (χ1) is 5.58. The summed E-state index contributed by atoms with van der Waals surface area (Å²) in [5.74, 6) is 2.09. The highest BCUT2D eigenvalue weighted by Gasteiger charge is 2.54. The third kappa shape index (κ3) is 1.37. The Hall–Kier alpha value is 0.240. The van der Waals surface area contributed by atoms with Crippen LogP contribution in [0.5, 0.6) is 0 Å². The third-order valence-electron chi connectivity index (χ3n) is 3.37. The third-order valence-corrected chi connectivity index (χ3v) is 5.39. The second-order valence-electron chi connectivity index (χ2n) is 4.07. The lowest BCUT2D eigenvalue weighted by atomic mass is 9.97. The van der Waals surface area contributed by atoms with E-state index in [1.54, 1.807) is 0 Å². The van der Waals surface area contributed by atoms with Crippen LogP contribution in [0.2, 0.25) is 0 Å². The van der Waals surface area contributed by atoms with Gasteiger partial charge in [0.2, 0.25) is 0 Å². The second-order valence-corrected chi connectivity index (χ2v) is 6.68. The maximum Gasteiger partial charge on any atom is 0.150 e. The maximum absolute atomic E-state index is 11.1. The molecule has 70 valence electrons. The van der Waals surface area contributed by atoms with Crippen LogP contribution in [0, 0.1) is 11.3 Å². The minimum absolute atomic E-state index is 0.340. The highest BCUT2D eigenvalue weighted by Crippen LogP contribution is 2.59. The molecule has 2 nitrogen and oxygen atoms in total. The van der Waals surface area contributed by atoms with Crippen LogP contribution >= 0.6 is 11.6 Å². The highest BCUT2D eigenvalue weighted by molar-refractivity contribution is 7.91. The highest BCUT2D eigenvalue weighted by atomic mass is 35.5. The number of rotatable bonds is 1. The summed E-state index contributed by atoms with van der Waals surface area (Å²) < 4.78 is 22.3. The van der Waals surface area contributed by atoms with E-state index in [9.17, 15) is 8.42 Å². The van der Waals surface area contributed by atoms with Crippen LogP contribution in [0.1, 0.15) is 19.3 Å². The summed E-state index contributed by atoms with van der Waals surface area (Å²) in [6, 6.07) is 0. The summed E-state index contributed by atoms with van der Waals surface area (Å²) in [6.07, 6.45) is 2.87. The lowest BCUT2D eigenvalue weighted by Crippen LogP contribution is -2.25. The monoisotopic (exact) mass is 208 g/mol. The molecule has 2 fully saturated rings. The van der Waals surface area contributed by atoms with Crippen molar-refractivity contribution in [2.75, 3.05) is 17.4 Å². The molecular formula is C8H13ClO2S. The Labute approximate surface area is 78.2 Å². The van der Waals surface area contributed by atoms with Gasteiger partial charge in [-0.2, -0.15) is 0 Å². The fourth-order valence-electron chi connectivity index (χ4n) is 2.21. The first-order valence-electron chi connectivity index (χ1n) is 4.34. The number of sulfone groups is 1. The molecule has 1 aliphatic heterocycles. The molecule has 0 N–H and O–H groups in total. The Bertz CT molecular complexity index is 269. The average molecular weight is 209 g/mol. The zero-order chi connectivity index (χ0) is 8.82. The molecule has 1 aliphatic carbocycles. The first-order valence-corrected chi connectivity index (χ1v) is 6.70. The van der Waals surface area contributed by atoms with E-state index in [2.05, 4.69) is 0 Å². The fourth-order valence-corrected chi connectivity index (χ4v) is 4.28. The van der Waals surface area contributed by atoms with Gasteiger partial charge in [0.05, 0.1) is 11.5 Å². The van der Waals surface area contributed by atoms with Crippen LogP contribution in [0.4, 0.5) is 0 Å². The van der Waals surface area contributed by atoms with Crippen molar-refractivity contribution in [2.45, 2.75) is 19.3 Å². The lowest BCUT2D eigenvalue weighted by Gasteiger charge is -2.22. The minimum atomic E-state index is -2.69. The van der Waals surface area contributed by atoms with Gasteiger partial charge in [0.25, 0.3) is 0 Å². The molecule has 1 saturated heterocycles. The molecule has 1 unspecified atom stereocenters. The summed E-state index contributed by atoms with van der Waals surface area (Å²) in [6.45, 7) is 0. The van der Waals surface area contributed by atoms with Crippen molar-refractivity contribution in [3.05, 3.63) is 0 Å². The predicted octanol–water partition coefficient (Wildman–Crippen LogP) is 1.44. The van der Waals surface area contributed by atoms with Gasteiger partial charge in [0, 0.05) is 5.88 Å².